The molecule has 3 heteroatoms. The summed E-state index contributed by atoms with van der Waals surface area (Å²) < 4.78 is 0. The van der Waals surface area contributed by atoms with Crippen LogP contribution in [0.4, 0.5) is 0 Å². The fraction of sp³-hybridized carbons (Fsp3) is 0.917. The fourth-order valence-electron chi connectivity index (χ4n) is 2.75. The van der Waals surface area contributed by atoms with Gasteiger partial charge in [-0.15, -0.1) is 0 Å². The summed E-state index contributed by atoms with van der Waals surface area (Å²) >= 11 is 0. The van der Waals surface area contributed by atoms with Crippen molar-refractivity contribution in [2.24, 2.45) is 5.92 Å². The normalized spacial score (nSPS) is 29.1. The Morgan fingerprint density at radius 1 is 1.27 bits per heavy atom. The Bertz CT molecular complexity index is 224. The van der Waals surface area contributed by atoms with Crippen LogP contribution in [-0.4, -0.2) is 36.5 Å². The zero-order chi connectivity index (χ0) is 10.7. The smallest absolute Gasteiger partial charge is 0.226 e. The van der Waals surface area contributed by atoms with Crippen LogP contribution in [-0.2, 0) is 4.79 Å². The fourth-order valence-corrected chi connectivity index (χ4v) is 2.75. The molecule has 0 aromatic heterocycles. The topological polar surface area (TPSA) is 32.3 Å². The zero-order valence-corrected chi connectivity index (χ0v) is 9.67. The molecule has 0 aromatic carbocycles. The van der Waals surface area contributed by atoms with E-state index in [1.807, 2.05) is 0 Å². The van der Waals surface area contributed by atoms with E-state index in [1.54, 1.807) is 0 Å². The van der Waals surface area contributed by atoms with Gasteiger partial charge in [-0.3, -0.25) is 4.79 Å². The van der Waals surface area contributed by atoms with E-state index in [-0.39, 0.29) is 0 Å². The van der Waals surface area contributed by atoms with Crippen molar-refractivity contribution in [2.45, 2.75) is 45.1 Å². The minimum Gasteiger partial charge on any atom is -0.337 e. The lowest BCUT2D eigenvalue weighted by Gasteiger charge is -2.37. The first-order chi connectivity index (χ1) is 7.29. The van der Waals surface area contributed by atoms with Crippen molar-refractivity contribution in [3.8, 4) is 0 Å². The van der Waals surface area contributed by atoms with Gasteiger partial charge in [0.2, 0.25) is 5.91 Å². The van der Waals surface area contributed by atoms with Gasteiger partial charge in [0.05, 0.1) is 0 Å². The number of piperazine rings is 1. The van der Waals surface area contributed by atoms with Crippen molar-refractivity contribution >= 4 is 5.91 Å². The van der Waals surface area contributed by atoms with Crippen LogP contribution in [0.25, 0.3) is 0 Å². The van der Waals surface area contributed by atoms with Gasteiger partial charge in [0.25, 0.3) is 0 Å². The van der Waals surface area contributed by atoms with Gasteiger partial charge >= 0.3 is 0 Å². The highest BCUT2D eigenvalue weighted by Gasteiger charge is 2.29. The summed E-state index contributed by atoms with van der Waals surface area (Å²) in [5.41, 5.74) is 0. The van der Waals surface area contributed by atoms with Crippen LogP contribution in [0, 0.1) is 5.92 Å². The van der Waals surface area contributed by atoms with Crippen LogP contribution in [0.15, 0.2) is 0 Å². The number of amides is 1. The largest absolute Gasteiger partial charge is 0.337 e. The quantitative estimate of drug-likeness (QED) is 0.709. The number of carbonyl (C=O) groups excluding carboxylic acids is 1. The highest BCUT2D eigenvalue weighted by Crippen LogP contribution is 2.26. The molecule has 1 saturated carbocycles. The van der Waals surface area contributed by atoms with Crippen LogP contribution in [0.5, 0.6) is 0 Å². The van der Waals surface area contributed by atoms with Crippen LogP contribution >= 0.6 is 0 Å². The summed E-state index contributed by atoms with van der Waals surface area (Å²) in [5, 5.41) is 3.33. The van der Waals surface area contributed by atoms with Crippen molar-refractivity contribution in [1.82, 2.24) is 10.2 Å². The number of hydrogen-bond acceptors (Lipinski definition) is 2. The Hall–Kier alpha value is -0.570. The average Bonchev–Trinajstić information content (AvgIpc) is 2.30. The summed E-state index contributed by atoms with van der Waals surface area (Å²) in [6.07, 6.45) is 6.06. The molecule has 0 spiro atoms. The molecule has 0 unspecified atom stereocenters. The Morgan fingerprint density at radius 3 is 2.67 bits per heavy atom. The lowest BCUT2D eigenvalue weighted by Crippen LogP contribution is -2.54. The molecule has 1 amide bonds. The average molecular weight is 210 g/mol. The van der Waals surface area contributed by atoms with Crippen LogP contribution in [0.1, 0.15) is 39.0 Å². The third-order valence-electron chi connectivity index (χ3n) is 3.74. The Kier molecular flexibility index (Phi) is 3.62. The zero-order valence-electron chi connectivity index (χ0n) is 9.67. The molecule has 0 bridgehead atoms. The highest BCUT2D eigenvalue weighted by molar-refractivity contribution is 5.79. The molecule has 15 heavy (non-hydrogen) atoms. The van der Waals surface area contributed by atoms with Crippen molar-refractivity contribution in [1.29, 1.82) is 0 Å². The second kappa shape index (κ2) is 4.97. The lowest BCUT2D eigenvalue weighted by atomic mass is 9.88. The van der Waals surface area contributed by atoms with Crippen molar-refractivity contribution in [2.75, 3.05) is 19.6 Å². The molecular weight excluding hydrogens is 188 g/mol. The molecule has 86 valence electrons. The summed E-state index contributed by atoms with van der Waals surface area (Å²) in [5.74, 6) is 0.753. The first-order valence-electron chi connectivity index (χ1n) is 6.30. The van der Waals surface area contributed by atoms with E-state index in [0.29, 0.717) is 17.9 Å². The summed E-state index contributed by atoms with van der Waals surface area (Å²) in [6, 6.07) is 0.383. The molecule has 3 nitrogen and oxygen atoms in total. The Labute approximate surface area is 92.2 Å². The van der Waals surface area contributed by atoms with E-state index in [9.17, 15) is 4.79 Å². The summed E-state index contributed by atoms with van der Waals surface area (Å²) in [4.78, 5) is 14.4. The molecule has 1 saturated heterocycles. The Morgan fingerprint density at radius 2 is 2.00 bits per heavy atom. The van der Waals surface area contributed by atoms with E-state index < -0.39 is 0 Å². The molecule has 1 aliphatic carbocycles. The maximum absolute atomic E-state index is 12.3. The predicted octanol–water partition coefficient (Wildman–Crippen LogP) is 1.39. The molecule has 1 heterocycles. The molecule has 1 atom stereocenters. The van der Waals surface area contributed by atoms with Crippen molar-refractivity contribution in [3.05, 3.63) is 0 Å². The molecule has 2 aliphatic rings. The number of nitrogens with one attached hydrogen (secondary N) is 1. The first-order valence-corrected chi connectivity index (χ1v) is 6.30. The third kappa shape index (κ3) is 2.51. The van der Waals surface area contributed by atoms with Gasteiger partial charge in [0.1, 0.15) is 0 Å². The minimum atomic E-state index is 0.333. The minimum absolute atomic E-state index is 0.333. The molecular formula is C12H22N2O. The second-order valence-corrected chi connectivity index (χ2v) is 4.92. The third-order valence-corrected chi connectivity index (χ3v) is 3.74. The van der Waals surface area contributed by atoms with E-state index >= 15 is 0 Å². The van der Waals surface area contributed by atoms with E-state index in [0.717, 1.165) is 32.5 Å². The molecule has 2 rings (SSSR count). The number of carbonyl (C=O) groups is 1. The van der Waals surface area contributed by atoms with Crippen LogP contribution in [0.3, 0.4) is 0 Å². The van der Waals surface area contributed by atoms with Crippen molar-refractivity contribution < 1.29 is 4.79 Å². The second-order valence-electron chi connectivity index (χ2n) is 4.92. The molecule has 0 radical (unpaired) electrons. The molecule has 0 aromatic rings. The van der Waals surface area contributed by atoms with Gasteiger partial charge in [-0.05, 0) is 19.8 Å². The first kappa shape index (κ1) is 10.9. The van der Waals surface area contributed by atoms with E-state index in [1.165, 1.54) is 19.3 Å². The van der Waals surface area contributed by atoms with Crippen LogP contribution < -0.4 is 5.32 Å². The standard InChI is InChI=1S/C12H22N2O/c1-10-9-13-7-8-14(10)12(15)11-5-3-2-4-6-11/h10-11,13H,2-9H2,1H3/t10-/m0/s1. The lowest BCUT2D eigenvalue weighted by molar-refractivity contribution is -0.139. The van der Waals surface area contributed by atoms with Gasteiger partial charge < -0.3 is 10.2 Å². The maximum Gasteiger partial charge on any atom is 0.226 e. The monoisotopic (exact) mass is 210 g/mol. The molecule has 1 aliphatic heterocycles. The predicted molar refractivity (Wildman–Crippen MR) is 60.6 cm³/mol. The molecule has 1 N–H and O–H groups in total. The highest BCUT2D eigenvalue weighted by atomic mass is 16.2. The summed E-state index contributed by atoms with van der Waals surface area (Å²) in [6.45, 7) is 4.96. The molecule has 2 fully saturated rings. The number of hydrogen-bond donors (Lipinski definition) is 1. The van der Waals surface area contributed by atoms with E-state index in [2.05, 4.69) is 17.1 Å². The summed E-state index contributed by atoms with van der Waals surface area (Å²) in [7, 11) is 0. The van der Waals surface area contributed by atoms with Crippen molar-refractivity contribution in [3.63, 3.8) is 0 Å². The van der Waals surface area contributed by atoms with Gasteiger partial charge in [-0.25, -0.2) is 0 Å². The van der Waals surface area contributed by atoms with Gasteiger partial charge in [-0.2, -0.15) is 0 Å². The van der Waals surface area contributed by atoms with E-state index in [4.69, 9.17) is 0 Å². The number of rotatable bonds is 1. The number of nitrogens with zero attached hydrogens (tertiary/aromatic N) is 1. The Balaban J connectivity index is 1.92. The van der Waals surface area contributed by atoms with Gasteiger partial charge in [-0.1, -0.05) is 19.3 Å². The van der Waals surface area contributed by atoms with Crippen LogP contribution in [0.2, 0.25) is 0 Å². The SMILES string of the molecule is C[C@H]1CNCCN1C(=O)C1CCCCC1. The maximum atomic E-state index is 12.3. The van der Waals surface area contributed by atoms with Gasteiger partial charge in [0.15, 0.2) is 0 Å². The van der Waals surface area contributed by atoms with Gasteiger partial charge in [0, 0.05) is 31.6 Å².